The summed E-state index contributed by atoms with van der Waals surface area (Å²) in [4.78, 5) is 51.3. The summed E-state index contributed by atoms with van der Waals surface area (Å²) in [7, 11) is 0. The Balaban J connectivity index is 2.66. The first-order chi connectivity index (χ1) is 39.6. The monoisotopic (exact) mass is 1140 g/mol. The third kappa shape index (κ3) is 46.0. The van der Waals surface area contributed by atoms with Gasteiger partial charge in [-0.2, -0.15) is 0 Å². The molecule has 0 radical (unpaired) electrons. The Morgan fingerprint density at radius 3 is 1.16 bits per heavy atom. The number of rotatable bonds is 55. The molecule has 1 aliphatic heterocycles. The summed E-state index contributed by atoms with van der Waals surface area (Å²) in [6.45, 7) is 5.92. The standard InChI is InChI=1S/C69H116O12/c1-4-7-10-13-16-19-22-25-27-29-31-33-35-38-40-43-46-49-52-55-61(70)77-58-60(79-62(71)56-53-50-47-44-41-37-24-21-18-15-12-9-6-3)59-78-69-67(65(74)64(73)66(81-69)68(75)76)80-63(72)57-54-51-48-45-42-39-36-34-32-30-28-26-23-20-17-14-11-8-5-2/h16-17,19-21,24-28,31-34,60,64-67,69,73-74H,4-15,18,22-23,29-30,35-59H2,1-3H3,(H,75,76)/b19-16-,20-17-,24-21-,27-25-,28-26-,33-31-,34-32-. The molecule has 0 saturated carbocycles. The van der Waals surface area contributed by atoms with Gasteiger partial charge in [-0.25, -0.2) is 4.79 Å². The molecule has 0 aromatic carbocycles. The van der Waals surface area contributed by atoms with Crippen molar-refractivity contribution < 1.29 is 58.2 Å². The van der Waals surface area contributed by atoms with E-state index in [-0.39, 0.29) is 25.9 Å². The van der Waals surface area contributed by atoms with E-state index in [1.807, 2.05) is 0 Å². The Hall–Kier alpha value is -4.10. The van der Waals surface area contributed by atoms with E-state index in [4.69, 9.17) is 23.7 Å². The van der Waals surface area contributed by atoms with Gasteiger partial charge in [-0.1, -0.05) is 221 Å². The summed E-state index contributed by atoms with van der Waals surface area (Å²) in [5.74, 6) is -3.16. The van der Waals surface area contributed by atoms with Crippen LogP contribution in [0, 0.1) is 0 Å². The van der Waals surface area contributed by atoms with Crippen molar-refractivity contribution in [2.45, 2.75) is 314 Å². The average Bonchev–Trinajstić information content (AvgIpc) is 3.45. The highest BCUT2D eigenvalue weighted by Crippen LogP contribution is 2.26. The van der Waals surface area contributed by atoms with Crippen molar-refractivity contribution in [2.24, 2.45) is 0 Å². The fourth-order valence-corrected chi connectivity index (χ4v) is 9.38. The molecule has 0 amide bonds. The predicted octanol–water partition coefficient (Wildman–Crippen LogP) is 17.5. The fourth-order valence-electron chi connectivity index (χ4n) is 9.38. The lowest BCUT2D eigenvalue weighted by Crippen LogP contribution is -2.61. The minimum absolute atomic E-state index is 0.0412. The number of ether oxygens (including phenoxy) is 5. The minimum atomic E-state index is -1.91. The number of aliphatic hydroxyl groups excluding tert-OH is 2. The quantitative estimate of drug-likeness (QED) is 0.0228. The summed E-state index contributed by atoms with van der Waals surface area (Å²) >= 11 is 0. The molecular weight excluding hydrogens is 1020 g/mol. The SMILES string of the molecule is CCCCC/C=C\C/C=C\C/C=C\CCCCCCCCC(=O)OCC(COC1OC(C(=O)O)C(O)C(O)C1OC(=O)CCCCCCCC/C=C\C/C=C\C/C=C\CCCCC)OC(=O)CCCCCCC/C=C\CCCCCC. The Kier molecular flexibility index (Phi) is 52.1. The topological polar surface area (TPSA) is 175 Å². The van der Waals surface area contributed by atoms with Crippen LogP contribution in [0.5, 0.6) is 0 Å². The first-order valence-corrected chi connectivity index (χ1v) is 32.6. The first-order valence-electron chi connectivity index (χ1n) is 32.6. The van der Waals surface area contributed by atoms with E-state index in [1.165, 1.54) is 77.0 Å². The van der Waals surface area contributed by atoms with Gasteiger partial charge in [0.25, 0.3) is 0 Å². The van der Waals surface area contributed by atoms with E-state index in [0.717, 1.165) is 141 Å². The molecule has 1 rings (SSSR count). The van der Waals surface area contributed by atoms with Crippen molar-refractivity contribution >= 4 is 23.9 Å². The van der Waals surface area contributed by atoms with Crippen LogP contribution in [0.3, 0.4) is 0 Å². The van der Waals surface area contributed by atoms with Crippen molar-refractivity contribution in [3.8, 4) is 0 Å². The largest absolute Gasteiger partial charge is 0.479 e. The average molecular weight is 1140 g/mol. The number of carboxylic acid groups (broad SMARTS) is 1. The molecule has 1 saturated heterocycles. The van der Waals surface area contributed by atoms with Crippen LogP contribution in [0.25, 0.3) is 0 Å². The number of carbonyl (C=O) groups excluding carboxylic acids is 3. The van der Waals surface area contributed by atoms with Crippen LogP contribution in [0.15, 0.2) is 85.1 Å². The molecule has 81 heavy (non-hydrogen) atoms. The van der Waals surface area contributed by atoms with E-state index in [9.17, 15) is 34.5 Å². The molecule has 1 aliphatic rings. The van der Waals surface area contributed by atoms with Gasteiger partial charge in [0.15, 0.2) is 24.6 Å². The minimum Gasteiger partial charge on any atom is -0.479 e. The summed E-state index contributed by atoms with van der Waals surface area (Å²) in [6, 6.07) is 0. The Bertz CT molecular complexity index is 1730. The lowest BCUT2D eigenvalue weighted by molar-refractivity contribution is -0.301. The van der Waals surface area contributed by atoms with Crippen LogP contribution in [0.1, 0.15) is 278 Å². The molecule has 0 aliphatic carbocycles. The number of hydrogen-bond donors (Lipinski definition) is 3. The highest BCUT2D eigenvalue weighted by Gasteiger charge is 2.50. The molecule has 0 aromatic rings. The number of carboxylic acids is 1. The van der Waals surface area contributed by atoms with Crippen molar-refractivity contribution in [2.75, 3.05) is 13.2 Å². The van der Waals surface area contributed by atoms with Crippen molar-refractivity contribution in [3.05, 3.63) is 85.1 Å². The van der Waals surface area contributed by atoms with E-state index in [1.54, 1.807) is 0 Å². The summed E-state index contributed by atoms with van der Waals surface area (Å²) in [6.07, 6.45) is 61.0. The second-order valence-corrected chi connectivity index (χ2v) is 22.0. The molecule has 0 bridgehead atoms. The smallest absolute Gasteiger partial charge is 0.335 e. The lowest BCUT2D eigenvalue weighted by Gasteiger charge is -2.40. The van der Waals surface area contributed by atoms with E-state index in [0.29, 0.717) is 19.3 Å². The van der Waals surface area contributed by atoms with Gasteiger partial charge in [0.1, 0.15) is 18.8 Å². The van der Waals surface area contributed by atoms with E-state index in [2.05, 4.69) is 106 Å². The van der Waals surface area contributed by atoms with Gasteiger partial charge in [-0.05, 0) is 122 Å². The number of hydrogen-bond acceptors (Lipinski definition) is 11. The maximum absolute atomic E-state index is 13.2. The van der Waals surface area contributed by atoms with E-state index >= 15 is 0 Å². The van der Waals surface area contributed by atoms with E-state index < -0.39 is 67.3 Å². The second kappa shape index (κ2) is 56.4. The van der Waals surface area contributed by atoms with Crippen LogP contribution in [-0.4, -0.2) is 89.2 Å². The zero-order valence-electron chi connectivity index (χ0n) is 51.3. The molecule has 12 nitrogen and oxygen atoms in total. The highest BCUT2D eigenvalue weighted by atomic mass is 16.7. The van der Waals surface area contributed by atoms with Crippen LogP contribution in [-0.2, 0) is 42.9 Å². The lowest BCUT2D eigenvalue weighted by atomic mass is 9.98. The zero-order valence-corrected chi connectivity index (χ0v) is 51.3. The highest BCUT2D eigenvalue weighted by molar-refractivity contribution is 5.74. The fraction of sp³-hybridized carbons (Fsp3) is 0.739. The van der Waals surface area contributed by atoms with Gasteiger partial charge >= 0.3 is 23.9 Å². The summed E-state index contributed by atoms with van der Waals surface area (Å²) in [5, 5.41) is 31.6. The van der Waals surface area contributed by atoms with Crippen LogP contribution < -0.4 is 0 Å². The predicted molar refractivity (Wildman–Crippen MR) is 331 cm³/mol. The van der Waals surface area contributed by atoms with Gasteiger partial charge in [0.05, 0.1) is 6.61 Å². The Labute approximate surface area is 492 Å². The number of esters is 3. The maximum atomic E-state index is 13.2. The molecule has 6 atom stereocenters. The number of unbranched alkanes of at least 4 members (excludes halogenated alkanes) is 27. The third-order valence-corrected chi connectivity index (χ3v) is 14.4. The van der Waals surface area contributed by atoms with Gasteiger partial charge in [0, 0.05) is 19.3 Å². The summed E-state index contributed by atoms with van der Waals surface area (Å²) < 4.78 is 28.5. The maximum Gasteiger partial charge on any atom is 0.335 e. The van der Waals surface area contributed by atoms with Crippen LogP contribution in [0.2, 0.25) is 0 Å². The molecule has 0 aromatic heterocycles. The van der Waals surface area contributed by atoms with Gasteiger partial charge < -0.3 is 39.0 Å². The Morgan fingerprint density at radius 2 is 0.741 bits per heavy atom. The molecule has 0 spiro atoms. The first kappa shape index (κ1) is 74.9. The number of aliphatic carboxylic acids is 1. The van der Waals surface area contributed by atoms with Gasteiger partial charge in [0.2, 0.25) is 0 Å². The molecule has 1 fully saturated rings. The summed E-state index contributed by atoms with van der Waals surface area (Å²) in [5.41, 5.74) is 0. The normalized spacial score (nSPS) is 18.3. The zero-order chi connectivity index (χ0) is 58.9. The number of aliphatic hydroxyl groups is 2. The Morgan fingerprint density at radius 1 is 0.407 bits per heavy atom. The third-order valence-electron chi connectivity index (χ3n) is 14.4. The van der Waals surface area contributed by atoms with Crippen molar-refractivity contribution in [1.82, 2.24) is 0 Å². The molecule has 3 N–H and O–H groups in total. The molecule has 6 unspecified atom stereocenters. The molecule has 464 valence electrons. The van der Waals surface area contributed by atoms with Crippen molar-refractivity contribution in [3.63, 3.8) is 0 Å². The molecule has 12 heteroatoms. The van der Waals surface area contributed by atoms with Gasteiger partial charge in [-0.3, -0.25) is 14.4 Å². The van der Waals surface area contributed by atoms with Gasteiger partial charge in [-0.15, -0.1) is 0 Å². The molecular formula is C69H116O12. The second-order valence-electron chi connectivity index (χ2n) is 22.0. The van der Waals surface area contributed by atoms with Crippen LogP contribution in [0.4, 0.5) is 0 Å². The number of carbonyl (C=O) groups is 4. The van der Waals surface area contributed by atoms with Crippen LogP contribution >= 0.6 is 0 Å². The molecule has 1 heterocycles. The van der Waals surface area contributed by atoms with Crippen molar-refractivity contribution in [1.29, 1.82) is 0 Å². The number of allylic oxidation sites excluding steroid dienone is 14.